The number of hydrogen-bond acceptors (Lipinski definition) is 2. The van der Waals surface area contributed by atoms with Crippen LogP contribution in [0, 0.1) is 0 Å². The number of hydrogen-bond donors (Lipinski definition) is 1. The average Bonchev–Trinajstić information content (AvgIpc) is 3.18. The van der Waals surface area contributed by atoms with Gasteiger partial charge in [0.1, 0.15) is 0 Å². The predicted molar refractivity (Wildman–Crippen MR) is 132 cm³/mol. The summed E-state index contributed by atoms with van der Waals surface area (Å²) >= 11 is 1.85. The van der Waals surface area contributed by atoms with Crippen LogP contribution in [0.25, 0.3) is 42.1 Å². The molecule has 6 rings (SSSR count). The number of thiophene rings is 1. The molecule has 0 radical (unpaired) electrons. The second kappa shape index (κ2) is 7.01. The van der Waals surface area contributed by atoms with Crippen LogP contribution in [-0.4, -0.2) is 0 Å². The van der Waals surface area contributed by atoms with Crippen molar-refractivity contribution in [2.75, 3.05) is 5.32 Å². The maximum Gasteiger partial charge on any atom is 0.0464 e. The molecule has 0 unspecified atom stereocenters. The zero-order chi connectivity index (χ0) is 19.9. The van der Waals surface area contributed by atoms with E-state index in [1.165, 1.54) is 42.1 Å². The van der Waals surface area contributed by atoms with E-state index in [1.807, 2.05) is 11.3 Å². The number of anilines is 2. The summed E-state index contributed by atoms with van der Waals surface area (Å²) < 4.78 is 2.65. The lowest BCUT2D eigenvalue weighted by atomic mass is 9.97. The smallest absolute Gasteiger partial charge is 0.0464 e. The average molecular weight is 402 g/mol. The predicted octanol–water partition coefficient (Wildman–Crippen LogP) is 8.62. The molecule has 1 N–H and O–H groups in total. The maximum atomic E-state index is 3.67. The van der Waals surface area contributed by atoms with Crippen molar-refractivity contribution in [3.05, 3.63) is 109 Å². The Morgan fingerprint density at radius 3 is 2.07 bits per heavy atom. The minimum Gasteiger partial charge on any atom is -0.355 e. The van der Waals surface area contributed by atoms with Crippen molar-refractivity contribution in [3.8, 4) is 11.1 Å². The standard InChI is InChI=1S/C28H19NS/c1-2-8-19(9-3-1)21-16-17-26(23-11-5-4-10-22(21)23)29-20-14-15-25-24-12-6-7-13-27(24)30-28(25)18-20/h1-18,29H. The number of fused-ring (bicyclic) bond motifs is 4. The highest BCUT2D eigenvalue weighted by Crippen LogP contribution is 2.38. The quantitative estimate of drug-likeness (QED) is 0.313. The van der Waals surface area contributed by atoms with E-state index in [9.17, 15) is 0 Å². The molecule has 0 saturated heterocycles. The second-order valence-electron chi connectivity index (χ2n) is 7.51. The van der Waals surface area contributed by atoms with Crippen molar-refractivity contribution in [2.45, 2.75) is 0 Å². The van der Waals surface area contributed by atoms with E-state index in [-0.39, 0.29) is 0 Å². The minimum absolute atomic E-state index is 1.12. The molecule has 1 heterocycles. The highest BCUT2D eigenvalue weighted by atomic mass is 32.1. The lowest BCUT2D eigenvalue weighted by Crippen LogP contribution is -1.92. The molecule has 0 aliphatic carbocycles. The zero-order valence-corrected chi connectivity index (χ0v) is 17.1. The second-order valence-corrected chi connectivity index (χ2v) is 8.59. The van der Waals surface area contributed by atoms with E-state index in [0.29, 0.717) is 0 Å². The van der Waals surface area contributed by atoms with Gasteiger partial charge in [-0.3, -0.25) is 0 Å². The molecule has 0 spiro atoms. The van der Waals surface area contributed by atoms with Gasteiger partial charge in [0.05, 0.1) is 0 Å². The summed E-state index contributed by atoms with van der Waals surface area (Å²) in [5, 5.41) is 8.82. The van der Waals surface area contributed by atoms with Gasteiger partial charge in [0, 0.05) is 36.9 Å². The van der Waals surface area contributed by atoms with Crippen LogP contribution >= 0.6 is 11.3 Å². The van der Waals surface area contributed by atoms with Gasteiger partial charge < -0.3 is 5.32 Å². The molecule has 0 bridgehead atoms. The molecule has 0 aliphatic heterocycles. The monoisotopic (exact) mass is 401 g/mol. The van der Waals surface area contributed by atoms with Gasteiger partial charge in [0.2, 0.25) is 0 Å². The van der Waals surface area contributed by atoms with Crippen molar-refractivity contribution < 1.29 is 0 Å². The van der Waals surface area contributed by atoms with Crippen LogP contribution in [0.2, 0.25) is 0 Å². The van der Waals surface area contributed by atoms with Crippen LogP contribution in [0.5, 0.6) is 0 Å². The van der Waals surface area contributed by atoms with Crippen LogP contribution in [0.3, 0.4) is 0 Å². The lowest BCUT2D eigenvalue weighted by molar-refractivity contribution is 1.59. The van der Waals surface area contributed by atoms with Crippen LogP contribution < -0.4 is 5.32 Å². The first-order chi connectivity index (χ1) is 14.9. The zero-order valence-electron chi connectivity index (χ0n) is 16.3. The van der Waals surface area contributed by atoms with E-state index in [4.69, 9.17) is 0 Å². The maximum absolute atomic E-state index is 3.67. The summed E-state index contributed by atoms with van der Waals surface area (Å²) in [6.07, 6.45) is 0. The Bertz CT molecular complexity index is 1510. The molecule has 2 heteroatoms. The number of benzene rings is 5. The van der Waals surface area contributed by atoms with Gasteiger partial charge in [-0.2, -0.15) is 0 Å². The van der Waals surface area contributed by atoms with E-state index < -0.39 is 0 Å². The first kappa shape index (κ1) is 17.3. The molecular weight excluding hydrogens is 382 g/mol. The summed E-state index contributed by atoms with van der Waals surface area (Å²) in [5.41, 5.74) is 4.75. The summed E-state index contributed by atoms with van der Waals surface area (Å²) in [7, 11) is 0. The van der Waals surface area contributed by atoms with E-state index in [1.54, 1.807) is 0 Å². The summed E-state index contributed by atoms with van der Waals surface area (Å²) in [5.74, 6) is 0. The SMILES string of the molecule is c1ccc(-c2ccc(Nc3ccc4c(c3)sc3ccccc34)c3ccccc23)cc1. The highest BCUT2D eigenvalue weighted by molar-refractivity contribution is 7.25. The van der Waals surface area contributed by atoms with Gasteiger partial charge in [0.15, 0.2) is 0 Å². The Hall–Kier alpha value is -3.62. The molecule has 6 aromatic rings. The first-order valence-electron chi connectivity index (χ1n) is 10.1. The highest BCUT2D eigenvalue weighted by Gasteiger charge is 2.09. The van der Waals surface area contributed by atoms with Gasteiger partial charge in [-0.15, -0.1) is 11.3 Å². The van der Waals surface area contributed by atoms with Gasteiger partial charge in [-0.25, -0.2) is 0 Å². The third-order valence-electron chi connectivity index (χ3n) is 5.67. The Balaban J connectivity index is 1.45. The summed E-state index contributed by atoms with van der Waals surface area (Å²) in [6, 6.07) is 38.9. The van der Waals surface area contributed by atoms with Crippen molar-refractivity contribution in [1.29, 1.82) is 0 Å². The summed E-state index contributed by atoms with van der Waals surface area (Å²) in [6.45, 7) is 0. The molecule has 0 aliphatic rings. The number of nitrogens with one attached hydrogen (secondary N) is 1. The Kier molecular flexibility index (Phi) is 4.03. The van der Waals surface area contributed by atoms with Crippen molar-refractivity contribution >= 4 is 53.7 Å². The molecule has 0 fully saturated rings. The fourth-order valence-electron chi connectivity index (χ4n) is 4.24. The molecule has 5 aromatic carbocycles. The normalized spacial score (nSPS) is 11.3. The van der Waals surface area contributed by atoms with E-state index >= 15 is 0 Å². The molecular formula is C28H19NS. The van der Waals surface area contributed by atoms with Crippen LogP contribution in [-0.2, 0) is 0 Å². The molecule has 30 heavy (non-hydrogen) atoms. The molecule has 0 amide bonds. The Morgan fingerprint density at radius 1 is 0.500 bits per heavy atom. The molecule has 142 valence electrons. The van der Waals surface area contributed by atoms with Gasteiger partial charge >= 0.3 is 0 Å². The first-order valence-corrected chi connectivity index (χ1v) is 10.9. The molecule has 0 atom stereocenters. The topological polar surface area (TPSA) is 12.0 Å². The van der Waals surface area contributed by atoms with Crippen molar-refractivity contribution in [2.24, 2.45) is 0 Å². The fourth-order valence-corrected chi connectivity index (χ4v) is 5.38. The van der Waals surface area contributed by atoms with Crippen molar-refractivity contribution in [3.63, 3.8) is 0 Å². The molecule has 1 nitrogen and oxygen atoms in total. The third kappa shape index (κ3) is 2.85. The fraction of sp³-hybridized carbons (Fsp3) is 0. The van der Waals surface area contributed by atoms with E-state index in [0.717, 1.165) is 11.4 Å². The summed E-state index contributed by atoms with van der Waals surface area (Å²) in [4.78, 5) is 0. The van der Waals surface area contributed by atoms with Crippen LogP contribution in [0.15, 0.2) is 109 Å². The molecule has 1 aromatic heterocycles. The van der Waals surface area contributed by atoms with Crippen LogP contribution in [0.4, 0.5) is 11.4 Å². The van der Waals surface area contributed by atoms with E-state index in [2.05, 4.69) is 115 Å². The largest absolute Gasteiger partial charge is 0.355 e. The van der Waals surface area contributed by atoms with Crippen LogP contribution in [0.1, 0.15) is 0 Å². The van der Waals surface area contributed by atoms with Crippen molar-refractivity contribution in [1.82, 2.24) is 0 Å². The number of rotatable bonds is 3. The minimum atomic E-state index is 1.12. The van der Waals surface area contributed by atoms with Gasteiger partial charge in [-0.1, -0.05) is 84.9 Å². The Morgan fingerprint density at radius 2 is 1.20 bits per heavy atom. The Labute approximate surface area is 179 Å². The lowest BCUT2D eigenvalue weighted by Gasteiger charge is -2.14. The third-order valence-corrected chi connectivity index (χ3v) is 6.80. The van der Waals surface area contributed by atoms with Gasteiger partial charge in [-0.05, 0) is 40.8 Å². The van der Waals surface area contributed by atoms with Gasteiger partial charge in [0.25, 0.3) is 0 Å². The molecule has 0 saturated carbocycles.